The molecule has 0 saturated carbocycles. The molecule has 3 aromatic rings. The summed E-state index contributed by atoms with van der Waals surface area (Å²) in [5.41, 5.74) is 0.697. The van der Waals surface area contributed by atoms with Crippen molar-refractivity contribution in [1.29, 1.82) is 0 Å². The number of hydrogen-bond donors (Lipinski definition) is 1. The number of nitrogens with one attached hydrogen (secondary N) is 1. The minimum absolute atomic E-state index is 0.0147. The minimum atomic E-state index is -0.0820. The number of nitrogens with zero attached hydrogens (tertiary/aromatic N) is 1. The van der Waals surface area contributed by atoms with Crippen LogP contribution >= 0.6 is 23.1 Å². The van der Waals surface area contributed by atoms with Crippen LogP contribution in [-0.2, 0) is 11.3 Å². The molecule has 1 amide bonds. The van der Waals surface area contributed by atoms with Gasteiger partial charge in [-0.2, -0.15) is 0 Å². The molecule has 0 fully saturated rings. The fraction of sp³-hybridized carbons (Fsp3) is 0.176. The lowest BCUT2D eigenvalue weighted by Gasteiger charge is -2.05. The van der Waals surface area contributed by atoms with E-state index >= 15 is 0 Å². The molecule has 6 heteroatoms. The molecule has 0 aliphatic carbocycles. The average Bonchev–Trinajstić information content (AvgIpc) is 2.84. The van der Waals surface area contributed by atoms with Crippen LogP contribution in [0, 0.1) is 0 Å². The SMILES string of the molecule is O=C(CCCn1sc2ccccc2c1=O)Nc1cccc(Cl)c1. The number of aryl methyl sites for hydroxylation is 1. The topological polar surface area (TPSA) is 51.1 Å². The zero-order valence-corrected chi connectivity index (χ0v) is 13.9. The Bertz CT molecular complexity index is 901. The largest absolute Gasteiger partial charge is 0.326 e. The van der Waals surface area contributed by atoms with E-state index in [2.05, 4.69) is 5.32 Å². The second kappa shape index (κ2) is 6.98. The van der Waals surface area contributed by atoms with Crippen molar-refractivity contribution in [3.63, 3.8) is 0 Å². The highest BCUT2D eigenvalue weighted by molar-refractivity contribution is 7.13. The van der Waals surface area contributed by atoms with Crippen LogP contribution in [-0.4, -0.2) is 9.86 Å². The fourth-order valence-electron chi connectivity index (χ4n) is 2.34. The van der Waals surface area contributed by atoms with E-state index in [-0.39, 0.29) is 11.5 Å². The van der Waals surface area contributed by atoms with Crippen molar-refractivity contribution < 1.29 is 4.79 Å². The lowest BCUT2D eigenvalue weighted by molar-refractivity contribution is -0.116. The first-order valence-electron chi connectivity index (χ1n) is 7.28. The molecule has 1 heterocycles. The number of hydrogen-bond acceptors (Lipinski definition) is 3. The number of halogens is 1. The van der Waals surface area contributed by atoms with Crippen molar-refractivity contribution in [3.8, 4) is 0 Å². The van der Waals surface area contributed by atoms with Gasteiger partial charge in [-0.1, -0.05) is 41.3 Å². The Balaban J connectivity index is 1.57. The molecular weight excluding hydrogens is 332 g/mol. The first kappa shape index (κ1) is 15.8. The number of rotatable bonds is 5. The quantitative estimate of drug-likeness (QED) is 0.755. The van der Waals surface area contributed by atoms with E-state index in [0.29, 0.717) is 30.1 Å². The molecule has 3 rings (SSSR count). The molecule has 0 spiro atoms. The van der Waals surface area contributed by atoms with Gasteiger partial charge in [-0.15, -0.1) is 0 Å². The fourth-order valence-corrected chi connectivity index (χ4v) is 3.56. The van der Waals surface area contributed by atoms with Gasteiger partial charge in [0.2, 0.25) is 5.91 Å². The number of aromatic nitrogens is 1. The molecule has 0 atom stereocenters. The Morgan fingerprint density at radius 1 is 1.17 bits per heavy atom. The maximum absolute atomic E-state index is 12.2. The maximum Gasteiger partial charge on any atom is 0.268 e. The van der Waals surface area contributed by atoms with Crippen LogP contribution in [0.15, 0.2) is 53.3 Å². The monoisotopic (exact) mass is 346 g/mol. The van der Waals surface area contributed by atoms with E-state index in [0.717, 1.165) is 10.1 Å². The highest BCUT2D eigenvalue weighted by Crippen LogP contribution is 2.17. The van der Waals surface area contributed by atoms with Crippen molar-refractivity contribution in [2.75, 3.05) is 5.32 Å². The first-order chi connectivity index (χ1) is 11.1. The number of fused-ring (bicyclic) bond motifs is 1. The van der Waals surface area contributed by atoms with Crippen LogP contribution < -0.4 is 10.9 Å². The van der Waals surface area contributed by atoms with Crippen LogP contribution in [0.4, 0.5) is 5.69 Å². The van der Waals surface area contributed by atoms with Crippen LogP contribution in [0.25, 0.3) is 10.1 Å². The van der Waals surface area contributed by atoms with Gasteiger partial charge < -0.3 is 5.32 Å². The Labute approximate surface area is 142 Å². The van der Waals surface area contributed by atoms with E-state index in [1.807, 2.05) is 24.3 Å². The van der Waals surface area contributed by atoms with E-state index in [1.165, 1.54) is 11.5 Å². The first-order valence-corrected chi connectivity index (χ1v) is 8.43. The summed E-state index contributed by atoms with van der Waals surface area (Å²) in [6.45, 7) is 0.543. The average molecular weight is 347 g/mol. The molecule has 2 aromatic carbocycles. The molecule has 0 radical (unpaired) electrons. The minimum Gasteiger partial charge on any atom is -0.326 e. The molecule has 0 saturated heterocycles. The Hall–Kier alpha value is -2.11. The summed E-state index contributed by atoms with van der Waals surface area (Å²) < 4.78 is 2.68. The van der Waals surface area contributed by atoms with Crippen molar-refractivity contribution in [3.05, 3.63) is 63.9 Å². The summed E-state index contributed by atoms with van der Waals surface area (Å²) in [4.78, 5) is 24.1. The molecule has 0 aliphatic rings. The van der Waals surface area contributed by atoms with Gasteiger partial charge in [-0.25, -0.2) is 0 Å². The number of carbonyl (C=O) groups is 1. The number of carbonyl (C=O) groups excluding carboxylic acids is 1. The third-order valence-corrected chi connectivity index (χ3v) is 4.78. The zero-order chi connectivity index (χ0) is 16.2. The lowest BCUT2D eigenvalue weighted by atomic mass is 10.2. The van der Waals surface area contributed by atoms with Crippen molar-refractivity contribution in [2.24, 2.45) is 0 Å². The van der Waals surface area contributed by atoms with Crippen LogP contribution in [0.3, 0.4) is 0 Å². The van der Waals surface area contributed by atoms with Crippen molar-refractivity contribution >= 4 is 44.8 Å². The highest BCUT2D eigenvalue weighted by atomic mass is 35.5. The predicted octanol–water partition coefficient (Wildman–Crippen LogP) is 4.14. The molecule has 0 aliphatic heterocycles. The summed E-state index contributed by atoms with van der Waals surface area (Å²) in [5.74, 6) is -0.0820. The van der Waals surface area contributed by atoms with Gasteiger partial charge in [0.25, 0.3) is 5.56 Å². The molecule has 0 bridgehead atoms. The van der Waals surface area contributed by atoms with Gasteiger partial charge in [-0.3, -0.25) is 13.5 Å². The lowest BCUT2D eigenvalue weighted by Crippen LogP contribution is -2.16. The molecule has 1 N–H and O–H groups in total. The Morgan fingerprint density at radius 2 is 2.00 bits per heavy atom. The second-order valence-electron chi connectivity index (χ2n) is 5.16. The Morgan fingerprint density at radius 3 is 2.78 bits per heavy atom. The molecule has 23 heavy (non-hydrogen) atoms. The van der Waals surface area contributed by atoms with Gasteiger partial charge in [0.05, 0.1) is 10.1 Å². The van der Waals surface area contributed by atoms with Gasteiger partial charge in [-0.05, 0) is 36.8 Å². The van der Waals surface area contributed by atoms with Crippen molar-refractivity contribution in [2.45, 2.75) is 19.4 Å². The molecule has 1 aromatic heterocycles. The van der Waals surface area contributed by atoms with E-state index in [1.54, 1.807) is 28.2 Å². The zero-order valence-electron chi connectivity index (χ0n) is 12.3. The van der Waals surface area contributed by atoms with Gasteiger partial charge in [0.15, 0.2) is 0 Å². The predicted molar refractivity (Wildman–Crippen MR) is 95.4 cm³/mol. The Kier molecular flexibility index (Phi) is 4.79. The summed E-state index contributed by atoms with van der Waals surface area (Å²) in [5, 5.41) is 4.12. The number of anilines is 1. The van der Waals surface area contributed by atoms with E-state index in [4.69, 9.17) is 11.6 Å². The smallest absolute Gasteiger partial charge is 0.268 e. The summed E-state index contributed by atoms with van der Waals surface area (Å²) in [7, 11) is 0. The highest BCUT2D eigenvalue weighted by Gasteiger charge is 2.08. The van der Waals surface area contributed by atoms with Crippen LogP contribution in [0.1, 0.15) is 12.8 Å². The number of benzene rings is 2. The third-order valence-electron chi connectivity index (χ3n) is 3.43. The molecular formula is C17H15ClN2O2S. The second-order valence-corrected chi connectivity index (χ2v) is 6.66. The van der Waals surface area contributed by atoms with Crippen LogP contribution in [0.5, 0.6) is 0 Å². The van der Waals surface area contributed by atoms with Crippen LogP contribution in [0.2, 0.25) is 5.02 Å². The maximum atomic E-state index is 12.2. The summed E-state index contributed by atoms with van der Waals surface area (Å²) in [6, 6.07) is 14.6. The summed E-state index contributed by atoms with van der Waals surface area (Å²) in [6.07, 6.45) is 0.965. The number of amides is 1. The molecule has 0 unspecified atom stereocenters. The van der Waals surface area contributed by atoms with Crippen molar-refractivity contribution in [1.82, 2.24) is 3.96 Å². The van der Waals surface area contributed by atoms with Gasteiger partial charge in [0, 0.05) is 23.7 Å². The van der Waals surface area contributed by atoms with E-state index < -0.39 is 0 Å². The third kappa shape index (κ3) is 3.81. The molecule has 118 valence electrons. The standard InChI is InChI=1S/C17H15ClN2O2S/c18-12-5-3-6-13(11-12)19-16(21)9-4-10-20-17(22)14-7-1-2-8-15(14)23-20/h1-3,5-8,11H,4,9-10H2,(H,19,21). The van der Waals surface area contributed by atoms with Gasteiger partial charge in [0.1, 0.15) is 0 Å². The molecule has 4 nitrogen and oxygen atoms in total. The normalized spacial score (nSPS) is 10.8. The summed E-state index contributed by atoms with van der Waals surface area (Å²) >= 11 is 7.32. The van der Waals surface area contributed by atoms with E-state index in [9.17, 15) is 9.59 Å². The van der Waals surface area contributed by atoms with Gasteiger partial charge >= 0.3 is 0 Å².